The fraction of sp³-hybridized carbons (Fsp3) is 0. The second-order valence-electron chi connectivity index (χ2n) is 9.17. The summed E-state index contributed by atoms with van der Waals surface area (Å²) in [5.74, 6) is 0. The molecule has 0 aliphatic carbocycles. The van der Waals surface area contributed by atoms with Crippen molar-refractivity contribution >= 4 is 32.3 Å². The number of nitrogens with zero attached hydrogens (tertiary/aromatic N) is 1. The van der Waals surface area contributed by atoms with E-state index in [0.29, 0.717) is 0 Å². The van der Waals surface area contributed by atoms with E-state index in [1.165, 1.54) is 60.1 Å². The lowest BCUT2D eigenvalue weighted by molar-refractivity contribution is 1.37. The Morgan fingerprint density at radius 1 is 0.361 bits per heavy atom. The van der Waals surface area contributed by atoms with E-state index in [9.17, 15) is 0 Å². The molecule has 168 valence electrons. The van der Waals surface area contributed by atoms with Crippen molar-refractivity contribution in [3.63, 3.8) is 0 Å². The summed E-state index contributed by atoms with van der Waals surface area (Å²) in [6, 6.07) is 47.7. The third-order valence-electron chi connectivity index (χ3n) is 7.10. The van der Waals surface area contributed by atoms with E-state index < -0.39 is 0 Å². The fourth-order valence-electron chi connectivity index (χ4n) is 5.50. The van der Waals surface area contributed by atoms with Gasteiger partial charge in [0, 0.05) is 17.1 Å². The molecule has 7 rings (SSSR count). The zero-order valence-electron chi connectivity index (χ0n) is 19.7. The average Bonchev–Trinajstić information content (AvgIpc) is 2.96. The maximum Gasteiger partial charge on any atom is 0.0792 e. The molecule has 0 fully saturated rings. The van der Waals surface area contributed by atoms with Gasteiger partial charge in [0.25, 0.3) is 0 Å². The van der Waals surface area contributed by atoms with Crippen molar-refractivity contribution in [2.24, 2.45) is 0 Å². The Morgan fingerprint density at radius 2 is 0.889 bits per heavy atom. The molecule has 36 heavy (non-hydrogen) atoms. The van der Waals surface area contributed by atoms with E-state index in [0.717, 1.165) is 5.69 Å². The molecular weight excluding hydrogens is 434 g/mol. The Morgan fingerprint density at radius 3 is 1.58 bits per heavy atom. The highest BCUT2D eigenvalue weighted by molar-refractivity contribution is 6.23. The topological polar surface area (TPSA) is 12.9 Å². The lowest BCUT2D eigenvalue weighted by atomic mass is 9.86. The molecular formula is C35H23N. The van der Waals surface area contributed by atoms with E-state index in [4.69, 9.17) is 4.98 Å². The molecule has 0 aliphatic heterocycles. The van der Waals surface area contributed by atoms with Crippen LogP contribution in [0.4, 0.5) is 0 Å². The highest BCUT2D eigenvalue weighted by atomic mass is 14.7. The van der Waals surface area contributed by atoms with E-state index in [-0.39, 0.29) is 0 Å². The summed E-state index contributed by atoms with van der Waals surface area (Å²) in [5, 5.41) is 7.31. The van der Waals surface area contributed by atoms with Crippen LogP contribution in [0.1, 0.15) is 0 Å². The molecule has 1 nitrogen and oxygen atoms in total. The van der Waals surface area contributed by atoms with Gasteiger partial charge < -0.3 is 0 Å². The lowest BCUT2D eigenvalue weighted by Crippen LogP contribution is -1.93. The number of hydrogen-bond acceptors (Lipinski definition) is 1. The number of pyridine rings is 1. The van der Waals surface area contributed by atoms with Crippen LogP contribution in [-0.4, -0.2) is 4.98 Å². The minimum Gasteiger partial charge on any atom is -0.256 e. The Balaban J connectivity index is 1.59. The first-order valence-electron chi connectivity index (χ1n) is 12.3. The van der Waals surface area contributed by atoms with Gasteiger partial charge in [0.05, 0.1) is 5.69 Å². The Bertz CT molecular complexity index is 1820. The first-order valence-corrected chi connectivity index (χ1v) is 12.3. The molecule has 1 aromatic heterocycles. The van der Waals surface area contributed by atoms with Crippen LogP contribution in [0.2, 0.25) is 0 Å². The fourth-order valence-corrected chi connectivity index (χ4v) is 5.50. The van der Waals surface area contributed by atoms with Gasteiger partial charge in [-0.25, -0.2) is 0 Å². The zero-order valence-corrected chi connectivity index (χ0v) is 19.7. The van der Waals surface area contributed by atoms with Crippen molar-refractivity contribution in [1.82, 2.24) is 4.98 Å². The van der Waals surface area contributed by atoms with Crippen LogP contribution in [0.3, 0.4) is 0 Å². The van der Waals surface area contributed by atoms with Gasteiger partial charge in [0.2, 0.25) is 0 Å². The summed E-state index contributed by atoms with van der Waals surface area (Å²) < 4.78 is 0. The van der Waals surface area contributed by atoms with Gasteiger partial charge in [-0.2, -0.15) is 0 Å². The third-order valence-corrected chi connectivity index (χ3v) is 7.10. The highest BCUT2D eigenvalue weighted by Crippen LogP contribution is 2.44. The maximum absolute atomic E-state index is 4.93. The smallest absolute Gasteiger partial charge is 0.0792 e. The van der Waals surface area contributed by atoms with Crippen LogP contribution in [0.25, 0.3) is 65.8 Å². The van der Waals surface area contributed by atoms with Crippen LogP contribution in [-0.2, 0) is 0 Å². The molecule has 0 saturated heterocycles. The van der Waals surface area contributed by atoms with Crippen molar-refractivity contribution in [3.05, 3.63) is 140 Å². The lowest BCUT2D eigenvalue weighted by Gasteiger charge is -2.18. The highest BCUT2D eigenvalue weighted by Gasteiger charge is 2.18. The third kappa shape index (κ3) is 3.29. The van der Waals surface area contributed by atoms with Crippen LogP contribution in [0, 0.1) is 0 Å². The SMILES string of the molecule is c1ccc(-c2cccc(-c3c4ccccc4c(-c4nccc5ccccc45)c4ccccc34)c2)cc1. The Kier molecular flexibility index (Phi) is 4.85. The average molecular weight is 458 g/mol. The molecule has 0 saturated carbocycles. The van der Waals surface area contributed by atoms with Crippen molar-refractivity contribution in [3.8, 4) is 33.5 Å². The van der Waals surface area contributed by atoms with Gasteiger partial charge in [-0.15, -0.1) is 0 Å². The van der Waals surface area contributed by atoms with Crippen molar-refractivity contribution in [1.29, 1.82) is 0 Å². The molecule has 0 spiro atoms. The molecule has 0 bridgehead atoms. The molecule has 0 N–H and O–H groups in total. The normalized spacial score (nSPS) is 11.3. The summed E-state index contributed by atoms with van der Waals surface area (Å²) in [7, 11) is 0. The van der Waals surface area contributed by atoms with Crippen molar-refractivity contribution in [2.75, 3.05) is 0 Å². The van der Waals surface area contributed by atoms with Gasteiger partial charge in [-0.1, -0.05) is 121 Å². The molecule has 0 radical (unpaired) electrons. The Hall–Kier alpha value is -4.75. The Labute approximate surface area is 210 Å². The van der Waals surface area contributed by atoms with Gasteiger partial charge in [-0.05, 0) is 61.3 Å². The van der Waals surface area contributed by atoms with E-state index in [2.05, 4.69) is 133 Å². The van der Waals surface area contributed by atoms with E-state index >= 15 is 0 Å². The monoisotopic (exact) mass is 457 g/mol. The van der Waals surface area contributed by atoms with Crippen LogP contribution in [0.5, 0.6) is 0 Å². The quantitative estimate of drug-likeness (QED) is 0.241. The number of benzene rings is 6. The second-order valence-corrected chi connectivity index (χ2v) is 9.17. The predicted molar refractivity (Wildman–Crippen MR) is 153 cm³/mol. The first kappa shape index (κ1) is 20.6. The summed E-state index contributed by atoms with van der Waals surface area (Å²) >= 11 is 0. The number of fused-ring (bicyclic) bond motifs is 3. The summed E-state index contributed by atoms with van der Waals surface area (Å²) in [5.41, 5.74) is 7.17. The maximum atomic E-state index is 4.93. The van der Waals surface area contributed by atoms with Crippen molar-refractivity contribution in [2.45, 2.75) is 0 Å². The number of rotatable bonds is 3. The van der Waals surface area contributed by atoms with Gasteiger partial charge in [-0.3, -0.25) is 4.98 Å². The predicted octanol–water partition coefficient (Wildman–Crippen LogP) is 9.54. The summed E-state index contributed by atoms with van der Waals surface area (Å²) in [6.45, 7) is 0. The molecule has 0 amide bonds. The largest absolute Gasteiger partial charge is 0.256 e. The first-order chi connectivity index (χ1) is 17.9. The van der Waals surface area contributed by atoms with E-state index in [1.54, 1.807) is 0 Å². The second kappa shape index (κ2) is 8.48. The van der Waals surface area contributed by atoms with Gasteiger partial charge in [0.1, 0.15) is 0 Å². The van der Waals surface area contributed by atoms with E-state index in [1.807, 2.05) is 6.20 Å². The van der Waals surface area contributed by atoms with Gasteiger partial charge in [0.15, 0.2) is 0 Å². The molecule has 6 aromatic carbocycles. The molecule has 1 heterocycles. The van der Waals surface area contributed by atoms with Crippen LogP contribution in [0.15, 0.2) is 140 Å². The minimum atomic E-state index is 1.03. The number of hydrogen-bond donors (Lipinski definition) is 0. The number of aromatic nitrogens is 1. The minimum absolute atomic E-state index is 1.03. The summed E-state index contributed by atoms with van der Waals surface area (Å²) in [4.78, 5) is 4.93. The zero-order chi connectivity index (χ0) is 23.9. The molecule has 7 aromatic rings. The molecule has 1 heteroatoms. The standard InChI is InChI=1S/C35H23N/c1-2-11-24(12-3-1)26-14-10-15-27(23-26)33-29-17-6-8-19-31(29)34(32-20-9-7-18-30(32)33)35-28-16-5-4-13-25(28)21-22-36-35/h1-23H. The van der Waals surface area contributed by atoms with Crippen molar-refractivity contribution < 1.29 is 0 Å². The molecule has 0 unspecified atom stereocenters. The van der Waals surface area contributed by atoms with Crippen LogP contribution >= 0.6 is 0 Å². The molecule has 0 aliphatic rings. The molecule has 0 atom stereocenters. The summed E-state index contributed by atoms with van der Waals surface area (Å²) in [6.07, 6.45) is 1.93. The van der Waals surface area contributed by atoms with Gasteiger partial charge >= 0.3 is 0 Å². The van der Waals surface area contributed by atoms with Crippen LogP contribution < -0.4 is 0 Å².